The summed E-state index contributed by atoms with van der Waals surface area (Å²) in [5.74, 6) is 1.13. The zero-order chi connectivity index (χ0) is 21.4. The Kier molecular flexibility index (Phi) is 5.19. The first-order chi connectivity index (χ1) is 15.1. The van der Waals surface area contributed by atoms with Crippen LogP contribution in [0.1, 0.15) is 53.5 Å². The van der Waals surface area contributed by atoms with Gasteiger partial charge in [0.15, 0.2) is 0 Å². The summed E-state index contributed by atoms with van der Waals surface area (Å²) in [4.78, 5) is 18.7. The van der Waals surface area contributed by atoms with E-state index in [9.17, 15) is 9.90 Å². The second-order valence-electron chi connectivity index (χ2n) is 8.42. The van der Waals surface area contributed by atoms with Crippen LogP contribution in [0.25, 0.3) is 0 Å². The van der Waals surface area contributed by atoms with Crippen molar-refractivity contribution in [1.82, 2.24) is 29.9 Å². The normalized spacial score (nSPS) is 21.3. The minimum Gasteiger partial charge on any atom is -0.371 e. The lowest BCUT2D eigenvalue weighted by Gasteiger charge is -2.29. The van der Waals surface area contributed by atoms with E-state index in [0.717, 1.165) is 17.1 Å². The number of nitrogens with zero attached hydrogens (tertiary/aromatic N) is 6. The first-order valence-electron chi connectivity index (χ1n) is 10.8. The molecule has 1 fully saturated rings. The van der Waals surface area contributed by atoms with E-state index in [1.165, 1.54) is 19.3 Å². The van der Waals surface area contributed by atoms with E-state index in [1.54, 1.807) is 15.9 Å². The van der Waals surface area contributed by atoms with Crippen LogP contribution in [0.3, 0.4) is 0 Å². The molecule has 0 spiro atoms. The Morgan fingerprint density at radius 2 is 2.00 bits per heavy atom. The van der Waals surface area contributed by atoms with E-state index in [1.807, 2.05) is 42.1 Å². The third-order valence-electron chi connectivity index (χ3n) is 6.31. The number of hydrogen-bond donors (Lipinski definition) is 2. The molecule has 9 nitrogen and oxygen atoms in total. The van der Waals surface area contributed by atoms with Gasteiger partial charge in [-0.3, -0.25) is 4.79 Å². The highest BCUT2D eigenvalue weighted by Crippen LogP contribution is 2.37. The van der Waals surface area contributed by atoms with Crippen molar-refractivity contribution in [3.8, 4) is 0 Å². The molecule has 1 aliphatic heterocycles. The quantitative estimate of drug-likeness (QED) is 0.651. The molecular weight excluding hydrogens is 394 g/mol. The molecule has 1 aromatic carbocycles. The topological polar surface area (TPSA) is 101 Å². The van der Waals surface area contributed by atoms with Gasteiger partial charge in [-0.25, -0.2) is 14.3 Å². The molecule has 0 radical (unpaired) electrons. The summed E-state index contributed by atoms with van der Waals surface area (Å²) in [5, 5.41) is 22.9. The maximum atomic E-state index is 12.7. The first-order valence-corrected chi connectivity index (χ1v) is 10.8. The predicted octanol–water partition coefficient (Wildman–Crippen LogP) is 1.75. The van der Waals surface area contributed by atoms with Gasteiger partial charge in [0.25, 0.3) is 5.91 Å². The van der Waals surface area contributed by atoms with Gasteiger partial charge in [-0.2, -0.15) is 5.10 Å². The zero-order valence-corrected chi connectivity index (χ0v) is 17.6. The Bertz CT molecular complexity index is 1060. The molecule has 31 heavy (non-hydrogen) atoms. The molecule has 3 heterocycles. The van der Waals surface area contributed by atoms with Crippen molar-refractivity contribution < 1.29 is 9.90 Å². The number of benzene rings is 1. The zero-order valence-electron chi connectivity index (χ0n) is 17.6. The van der Waals surface area contributed by atoms with E-state index in [4.69, 9.17) is 5.10 Å². The summed E-state index contributed by atoms with van der Waals surface area (Å²) >= 11 is 0. The van der Waals surface area contributed by atoms with E-state index in [2.05, 4.69) is 21.5 Å². The summed E-state index contributed by atoms with van der Waals surface area (Å²) in [6.45, 7) is 1.17. The molecule has 2 aliphatic rings. The molecule has 1 aliphatic carbocycles. The third-order valence-corrected chi connectivity index (χ3v) is 6.31. The number of likely N-dealkylation sites (N-methyl/N-ethyl adjacent to an activating group) is 1. The fourth-order valence-electron chi connectivity index (χ4n) is 4.22. The molecule has 162 valence electrons. The van der Waals surface area contributed by atoms with Crippen molar-refractivity contribution in [2.24, 2.45) is 0 Å². The van der Waals surface area contributed by atoms with Gasteiger partial charge in [-0.15, -0.1) is 5.10 Å². The monoisotopic (exact) mass is 421 g/mol. The minimum absolute atomic E-state index is 0.0973. The average molecular weight is 422 g/mol. The molecule has 2 N–H and O–H groups in total. The number of nitrogens with one attached hydrogen (secondary N) is 1. The van der Waals surface area contributed by atoms with Gasteiger partial charge in [-0.05, 0) is 24.8 Å². The Labute approximate surface area is 180 Å². The van der Waals surface area contributed by atoms with Gasteiger partial charge >= 0.3 is 0 Å². The number of aryl methyl sites for hydroxylation is 1. The summed E-state index contributed by atoms with van der Waals surface area (Å²) in [6, 6.07) is 11.5. The molecule has 1 saturated carbocycles. The number of carbonyl (C=O) groups excluding carboxylic acids is 1. The Hall–Kier alpha value is -3.20. The van der Waals surface area contributed by atoms with E-state index in [-0.39, 0.29) is 11.7 Å². The van der Waals surface area contributed by atoms with Crippen LogP contribution >= 0.6 is 0 Å². The van der Waals surface area contributed by atoms with Crippen LogP contribution in [0, 0.1) is 0 Å². The molecule has 1 unspecified atom stereocenters. The van der Waals surface area contributed by atoms with Gasteiger partial charge in [0.1, 0.15) is 18.4 Å². The third kappa shape index (κ3) is 3.93. The molecular formula is C22H27N7O2. The highest BCUT2D eigenvalue weighted by Gasteiger charge is 2.33. The fourth-order valence-corrected chi connectivity index (χ4v) is 4.22. The largest absolute Gasteiger partial charge is 0.371 e. The van der Waals surface area contributed by atoms with Gasteiger partial charge in [0.2, 0.25) is 5.82 Å². The van der Waals surface area contributed by atoms with Crippen molar-refractivity contribution >= 4 is 11.7 Å². The maximum Gasteiger partial charge on any atom is 0.291 e. The van der Waals surface area contributed by atoms with Crippen LogP contribution < -0.4 is 10.2 Å². The van der Waals surface area contributed by atoms with Crippen molar-refractivity contribution in [2.75, 3.05) is 11.9 Å². The van der Waals surface area contributed by atoms with E-state index in [0.29, 0.717) is 25.4 Å². The Morgan fingerprint density at radius 1 is 1.19 bits per heavy atom. The molecule has 9 heteroatoms. The van der Waals surface area contributed by atoms with Crippen molar-refractivity contribution in [2.45, 2.75) is 57.0 Å². The van der Waals surface area contributed by atoms with Crippen LogP contribution in [-0.4, -0.2) is 54.9 Å². The summed E-state index contributed by atoms with van der Waals surface area (Å²) in [7, 11) is 1.83. The van der Waals surface area contributed by atoms with Gasteiger partial charge in [0.05, 0.1) is 18.3 Å². The highest BCUT2D eigenvalue weighted by molar-refractivity contribution is 5.90. The lowest BCUT2D eigenvalue weighted by Crippen LogP contribution is -2.50. The lowest BCUT2D eigenvalue weighted by molar-refractivity contribution is 0.0818. The molecule has 5 rings (SSSR count). The number of hydrogen-bond acceptors (Lipinski definition) is 6. The summed E-state index contributed by atoms with van der Waals surface area (Å²) in [5.41, 5.74) is 2.19. The second-order valence-corrected chi connectivity index (χ2v) is 8.42. The van der Waals surface area contributed by atoms with Crippen LogP contribution in [0.4, 0.5) is 5.82 Å². The molecule has 0 saturated heterocycles. The van der Waals surface area contributed by atoms with Crippen LogP contribution in [0.15, 0.2) is 42.7 Å². The van der Waals surface area contributed by atoms with Gasteiger partial charge in [-0.1, -0.05) is 36.8 Å². The van der Waals surface area contributed by atoms with E-state index >= 15 is 0 Å². The molecule has 3 aromatic rings. The number of carbonyl (C=O) groups is 1. The van der Waals surface area contributed by atoms with E-state index < -0.39 is 12.3 Å². The van der Waals surface area contributed by atoms with Crippen LogP contribution in [0.5, 0.6) is 0 Å². The SMILES string of the molecule is CN1c2cc(C3CCC3)nn2CC[C@H](NC(=O)c2ncn(Cc3ccccc3)n2)C1O. The number of aliphatic hydroxyl groups is 1. The average Bonchev–Trinajstić information content (AvgIpc) is 3.34. The van der Waals surface area contributed by atoms with Gasteiger partial charge in [0, 0.05) is 25.6 Å². The number of fused-ring (bicyclic) bond motifs is 1. The maximum absolute atomic E-state index is 12.7. The lowest BCUT2D eigenvalue weighted by atomic mass is 9.83. The van der Waals surface area contributed by atoms with Crippen molar-refractivity contribution in [3.63, 3.8) is 0 Å². The second kappa shape index (κ2) is 8.14. The number of aromatic nitrogens is 5. The number of anilines is 1. The van der Waals surface area contributed by atoms with Crippen molar-refractivity contribution in [3.05, 3.63) is 59.8 Å². The van der Waals surface area contributed by atoms with Crippen LogP contribution in [-0.2, 0) is 13.1 Å². The number of amides is 1. The molecule has 1 amide bonds. The van der Waals surface area contributed by atoms with Gasteiger partial charge < -0.3 is 15.3 Å². The summed E-state index contributed by atoms with van der Waals surface area (Å²) in [6.07, 6.45) is 4.89. The number of rotatable bonds is 5. The van der Waals surface area contributed by atoms with Crippen LogP contribution in [0.2, 0.25) is 0 Å². The predicted molar refractivity (Wildman–Crippen MR) is 115 cm³/mol. The standard InChI is InChI=1S/C22H27N7O2/c1-27-19-12-18(16-8-5-9-16)25-29(19)11-10-17(22(27)31)24-21(30)20-23-14-28(26-20)13-15-6-3-2-4-7-15/h2-4,6-7,12,14,16-17,22,31H,5,8-11,13H2,1H3,(H,24,30)/t17-,22?/m0/s1. The summed E-state index contributed by atoms with van der Waals surface area (Å²) < 4.78 is 3.58. The minimum atomic E-state index is -0.859. The molecule has 2 aromatic heterocycles. The number of aliphatic hydroxyl groups excluding tert-OH is 1. The molecule has 2 atom stereocenters. The fraction of sp³-hybridized carbons (Fsp3) is 0.455. The van der Waals surface area contributed by atoms with Crippen molar-refractivity contribution in [1.29, 1.82) is 0 Å². The Balaban J connectivity index is 1.25. The first kappa shape index (κ1) is 19.7. The highest BCUT2D eigenvalue weighted by atomic mass is 16.3. The smallest absolute Gasteiger partial charge is 0.291 e. The molecule has 0 bridgehead atoms. The Morgan fingerprint density at radius 3 is 2.74 bits per heavy atom.